The van der Waals surface area contributed by atoms with Crippen LogP contribution in [0, 0.1) is 6.92 Å². The van der Waals surface area contributed by atoms with Crippen LogP contribution in [0.2, 0.25) is 0 Å². The molecule has 0 aliphatic carbocycles. The molecule has 1 aliphatic heterocycles. The zero-order valence-corrected chi connectivity index (χ0v) is 13.7. The summed E-state index contributed by atoms with van der Waals surface area (Å²) in [5, 5.41) is 3.16. The number of benzene rings is 2. The lowest BCUT2D eigenvalue weighted by Crippen LogP contribution is -2.31. The van der Waals surface area contributed by atoms with Gasteiger partial charge in [0.25, 0.3) is 5.91 Å². The van der Waals surface area contributed by atoms with Crippen molar-refractivity contribution in [2.75, 3.05) is 13.1 Å². The third-order valence-corrected chi connectivity index (χ3v) is 4.53. The molecule has 0 spiro atoms. The summed E-state index contributed by atoms with van der Waals surface area (Å²) in [6.07, 6.45) is 0.855. The Balaban J connectivity index is 0.00000156. The number of aryl methyl sites for hydroxylation is 1. The highest BCUT2D eigenvalue weighted by Gasteiger charge is 2.28. The van der Waals surface area contributed by atoms with E-state index in [-0.39, 0.29) is 24.4 Å². The predicted octanol–water partition coefficient (Wildman–Crippen LogP) is 3.49. The van der Waals surface area contributed by atoms with Crippen molar-refractivity contribution in [3.05, 3.63) is 47.7 Å². The normalized spacial score (nSPS) is 17.7. The first-order chi connectivity index (χ1) is 10.6. The molecule has 0 saturated carbocycles. The van der Waals surface area contributed by atoms with Crippen molar-refractivity contribution in [2.45, 2.75) is 19.4 Å². The van der Waals surface area contributed by atoms with Crippen LogP contribution in [0.3, 0.4) is 0 Å². The number of hydrogen-bond donors (Lipinski definition) is 1. The molecule has 2 heterocycles. The Morgan fingerprint density at radius 2 is 2.00 bits per heavy atom. The van der Waals surface area contributed by atoms with Gasteiger partial charge < -0.3 is 15.1 Å². The average molecular weight is 331 g/mol. The van der Waals surface area contributed by atoms with Gasteiger partial charge in [0.15, 0.2) is 5.76 Å². The molecule has 0 radical (unpaired) electrons. The van der Waals surface area contributed by atoms with E-state index in [2.05, 4.69) is 6.07 Å². The van der Waals surface area contributed by atoms with Crippen LogP contribution in [-0.4, -0.2) is 29.9 Å². The van der Waals surface area contributed by atoms with Crippen molar-refractivity contribution in [1.82, 2.24) is 4.90 Å². The molecular weight excluding hydrogens is 312 g/mol. The predicted molar refractivity (Wildman–Crippen MR) is 94.2 cm³/mol. The topological polar surface area (TPSA) is 59.5 Å². The maximum atomic E-state index is 12.7. The molecule has 2 N–H and O–H groups in total. The summed E-state index contributed by atoms with van der Waals surface area (Å²) in [6, 6.07) is 12.2. The standard InChI is InChI=1S/C18H18N2O2.ClH/c1-11-14-7-6-12-4-2-3-5-15(12)17(14)22-16(11)18(21)20-9-8-13(19)10-20;/h2-7,13H,8-10,19H2,1H3;1H/t13-;/m1./s1. The highest BCUT2D eigenvalue weighted by molar-refractivity contribution is 6.08. The summed E-state index contributed by atoms with van der Waals surface area (Å²) in [5.41, 5.74) is 7.61. The lowest BCUT2D eigenvalue weighted by molar-refractivity contribution is 0.0761. The van der Waals surface area contributed by atoms with Crippen LogP contribution in [0.5, 0.6) is 0 Å². The molecule has 2 aromatic carbocycles. The molecule has 120 valence electrons. The average Bonchev–Trinajstić information content (AvgIpc) is 3.11. The van der Waals surface area contributed by atoms with Crippen LogP contribution in [0.1, 0.15) is 22.5 Å². The number of nitrogens with two attached hydrogens (primary N) is 1. The summed E-state index contributed by atoms with van der Waals surface area (Å²) in [7, 11) is 0. The largest absolute Gasteiger partial charge is 0.450 e. The maximum Gasteiger partial charge on any atom is 0.289 e. The van der Waals surface area contributed by atoms with E-state index in [9.17, 15) is 4.79 Å². The van der Waals surface area contributed by atoms with Gasteiger partial charge >= 0.3 is 0 Å². The molecule has 1 aromatic heterocycles. The number of furan rings is 1. The summed E-state index contributed by atoms with van der Waals surface area (Å²) in [6.45, 7) is 3.26. The smallest absolute Gasteiger partial charge is 0.289 e. The monoisotopic (exact) mass is 330 g/mol. The first kappa shape index (κ1) is 15.8. The fourth-order valence-electron chi connectivity index (χ4n) is 3.27. The van der Waals surface area contributed by atoms with Crippen molar-refractivity contribution < 1.29 is 9.21 Å². The fourth-order valence-corrected chi connectivity index (χ4v) is 3.27. The first-order valence-electron chi connectivity index (χ1n) is 7.61. The van der Waals surface area contributed by atoms with E-state index in [1.165, 1.54) is 0 Å². The van der Waals surface area contributed by atoms with E-state index in [4.69, 9.17) is 10.2 Å². The Hall–Kier alpha value is -2.04. The van der Waals surface area contributed by atoms with Crippen molar-refractivity contribution >= 4 is 40.1 Å². The molecule has 0 unspecified atom stereocenters. The number of carbonyl (C=O) groups is 1. The van der Waals surface area contributed by atoms with Gasteiger partial charge in [-0.15, -0.1) is 12.4 Å². The zero-order chi connectivity index (χ0) is 15.3. The first-order valence-corrected chi connectivity index (χ1v) is 7.61. The van der Waals surface area contributed by atoms with E-state index in [1.54, 1.807) is 4.90 Å². The quantitative estimate of drug-likeness (QED) is 0.743. The number of carbonyl (C=O) groups excluding carboxylic acids is 1. The van der Waals surface area contributed by atoms with Gasteiger partial charge in [-0.05, 0) is 18.7 Å². The number of rotatable bonds is 1. The van der Waals surface area contributed by atoms with Crippen molar-refractivity contribution in [2.24, 2.45) is 5.73 Å². The van der Waals surface area contributed by atoms with Crippen molar-refractivity contribution in [1.29, 1.82) is 0 Å². The second-order valence-corrected chi connectivity index (χ2v) is 6.02. The summed E-state index contributed by atoms with van der Waals surface area (Å²) < 4.78 is 5.99. The molecule has 4 nitrogen and oxygen atoms in total. The Bertz CT molecular complexity index is 887. The molecule has 1 amide bonds. The summed E-state index contributed by atoms with van der Waals surface area (Å²) in [4.78, 5) is 14.5. The van der Waals surface area contributed by atoms with Gasteiger partial charge in [-0.3, -0.25) is 4.79 Å². The molecular formula is C18H19ClN2O2. The van der Waals surface area contributed by atoms with E-state index < -0.39 is 0 Å². The third kappa shape index (κ3) is 2.48. The van der Waals surface area contributed by atoms with Gasteiger partial charge in [-0.1, -0.05) is 36.4 Å². The van der Waals surface area contributed by atoms with Gasteiger partial charge in [0.05, 0.1) is 0 Å². The number of fused-ring (bicyclic) bond motifs is 3. The van der Waals surface area contributed by atoms with Crippen LogP contribution in [0.15, 0.2) is 40.8 Å². The highest BCUT2D eigenvalue weighted by atomic mass is 35.5. The zero-order valence-electron chi connectivity index (χ0n) is 12.9. The van der Waals surface area contributed by atoms with Crippen LogP contribution in [0.25, 0.3) is 21.7 Å². The Kier molecular flexibility index (Phi) is 4.04. The molecule has 0 bridgehead atoms. The number of nitrogens with zero attached hydrogens (tertiary/aromatic N) is 1. The Morgan fingerprint density at radius 1 is 1.22 bits per heavy atom. The molecule has 1 aliphatic rings. The van der Waals surface area contributed by atoms with E-state index in [1.807, 2.05) is 37.3 Å². The minimum absolute atomic E-state index is 0. The molecule has 4 rings (SSSR count). The van der Waals surface area contributed by atoms with Crippen LogP contribution >= 0.6 is 12.4 Å². The van der Waals surface area contributed by atoms with Crippen molar-refractivity contribution in [3.63, 3.8) is 0 Å². The number of likely N-dealkylation sites (tertiary alicyclic amines) is 1. The lowest BCUT2D eigenvalue weighted by atomic mass is 10.1. The van der Waals surface area contributed by atoms with Gasteiger partial charge in [0.2, 0.25) is 0 Å². The second kappa shape index (κ2) is 5.87. The SMILES string of the molecule is Cc1c(C(=O)N2CC[C@@H](N)C2)oc2c1ccc1ccccc12.Cl. The highest BCUT2D eigenvalue weighted by Crippen LogP contribution is 2.32. The van der Waals surface area contributed by atoms with Gasteiger partial charge in [0.1, 0.15) is 5.58 Å². The van der Waals surface area contributed by atoms with E-state index in [0.29, 0.717) is 18.8 Å². The molecule has 1 saturated heterocycles. The fraction of sp³-hybridized carbons (Fsp3) is 0.278. The molecule has 23 heavy (non-hydrogen) atoms. The minimum Gasteiger partial charge on any atom is -0.450 e. The Labute approximate surface area is 140 Å². The minimum atomic E-state index is -0.0502. The second-order valence-electron chi connectivity index (χ2n) is 6.02. The van der Waals surface area contributed by atoms with E-state index in [0.717, 1.165) is 33.7 Å². The number of halogens is 1. The van der Waals surface area contributed by atoms with Gasteiger partial charge in [0, 0.05) is 35.5 Å². The molecule has 3 aromatic rings. The molecule has 1 fully saturated rings. The molecule has 5 heteroatoms. The van der Waals surface area contributed by atoms with Crippen molar-refractivity contribution in [3.8, 4) is 0 Å². The van der Waals surface area contributed by atoms with Crippen LogP contribution < -0.4 is 5.73 Å². The third-order valence-electron chi connectivity index (χ3n) is 4.53. The number of hydrogen-bond acceptors (Lipinski definition) is 3. The van der Waals surface area contributed by atoms with E-state index >= 15 is 0 Å². The van der Waals surface area contributed by atoms with Crippen LogP contribution in [-0.2, 0) is 0 Å². The molecule has 1 atom stereocenters. The number of amides is 1. The summed E-state index contributed by atoms with van der Waals surface area (Å²) in [5.74, 6) is 0.395. The summed E-state index contributed by atoms with van der Waals surface area (Å²) >= 11 is 0. The lowest BCUT2D eigenvalue weighted by Gasteiger charge is -2.14. The van der Waals surface area contributed by atoms with Crippen LogP contribution in [0.4, 0.5) is 0 Å². The van der Waals surface area contributed by atoms with Gasteiger partial charge in [-0.2, -0.15) is 0 Å². The Morgan fingerprint density at radius 3 is 2.74 bits per heavy atom. The maximum absolute atomic E-state index is 12.7. The van der Waals surface area contributed by atoms with Gasteiger partial charge in [-0.25, -0.2) is 0 Å².